The maximum Gasteiger partial charge on any atom is 0.248 e. The van der Waals surface area contributed by atoms with E-state index in [1.54, 1.807) is 0 Å². The van der Waals surface area contributed by atoms with E-state index in [0.29, 0.717) is 17.9 Å². The van der Waals surface area contributed by atoms with E-state index in [4.69, 9.17) is 5.73 Å². The second kappa shape index (κ2) is 6.27. The average molecular weight is 328 g/mol. The topological polar surface area (TPSA) is 99.0 Å². The molecule has 2 aromatic heterocycles. The number of hydrogen-bond acceptors (Lipinski definition) is 7. The molecule has 24 heavy (non-hydrogen) atoms. The number of nitrogens with zero attached hydrogens (tertiary/aromatic N) is 5. The first-order valence-electron chi connectivity index (χ1n) is 8.57. The highest BCUT2D eigenvalue weighted by molar-refractivity contribution is 5.55. The molecule has 0 radical (unpaired) electrons. The minimum atomic E-state index is 0.292. The average Bonchev–Trinajstić information content (AvgIpc) is 3.31. The fourth-order valence-electron chi connectivity index (χ4n) is 3.21. The SMILES string of the molecule is CC1CN(c2ccc(Nc3n[nH]c(N)n3)cn2)CCN1CC1CC1. The summed E-state index contributed by atoms with van der Waals surface area (Å²) < 4.78 is 0. The van der Waals surface area contributed by atoms with Gasteiger partial charge >= 0.3 is 0 Å². The van der Waals surface area contributed by atoms with Crippen molar-refractivity contribution in [1.82, 2.24) is 25.1 Å². The van der Waals surface area contributed by atoms with Gasteiger partial charge in [0.2, 0.25) is 11.9 Å². The summed E-state index contributed by atoms with van der Waals surface area (Å²) in [4.78, 5) is 13.6. The Morgan fingerprint density at radius 1 is 1.33 bits per heavy atom. The Morgan fingerprint density at radius 3 is 2.83 bits per heavy atom. The highest BCUT2D eigenvalue weighted by Gasteiger charge is 2.30. The third-order valence-corrected chi connectivity index (χ3v) is 4.79. The molecule has 8 heteroatoms. The van der Waals surface area contributed by atoms with Crippen molar-refractivity contribution < 1.29 is 0 Å². The summed E-state index contributed by atoms with van der Waals surface area (Å²) in [6.07, 6.45) is 4.64. The van der Waals surface area contributed by atoms with Crippen molar-refractivity contribution in [1.29, 1.82) is 0 Å². The maximum atomic E-state index is 5.52. The lowest BCUT2D eigenvalue weighted by molar-refractivity contribution is 0.181. The van der Waals surface area contributed by atoms with E-state index in [2.05, 4.69) is 42.2 Å². The Balaban J connectivity index is 1.36. The number of piperazine rings is 1. The van der Waals surface area contributed by atoms with Crippen LogP contribution in [0.15, 0.2) is 18.3 Å². The van der Waals surface area contributed by atoms with Gasteiger partial charge in [-0.3, -0.25) is 4.90 Å². The van der Waals surface area contributed by atoms with Crippen LogP contribution in [0, 0.1) is 5.92 Å². The molecule has 0 spiro atoms. The number of anilines is 4. The summed E-state index contributed by atoms with van der Waals surface area (Å²) in [5.41, 5.74) is 6.36. The third kappa shape index (κ3) is 3.43. The normalized spacial score (nSPS) is 21.9. The van der Waals surface area contributed by atoms with Crippen molar-refractivity contribution in [3.63, 3.8) is 0 Å². The molecule has 0 bridgehead atoms. The van der Waals surface area contributed by atoms with Gasteiger partial charge in [0, 0.05) is 32.2 Å². The Bertz CT molecular complexity index is 678. The minimum absolute atomic E-state index is 0.292. The van der Waals surface area contributed by atoms with E-state index in [-0.39, 0.29) is 0 Å². The molecular formula is C16H24N8. The summed E-state index contributed by atoms with van der Waals surface area (Å²) in [6.45, 7) is 6.78. The standard InChI is InChI=1S/C16H24N8/c1-11-9-24(7-6-23(11)10-12-2-3-12)14-5-4-13(8-18-14)19-16-20-15(17)21-22-16/h4-5,8,11-12H,2-3,6-7,9-10H2,1H3,(H4,17,19,20,21,22). The zero-order chi connectivity index (χ0) is 16.5. The zero-order valence-electron chi connectivity index (χ0n) is 13.9. The molecule has 0 amide bonds. The third-order valence-electron chi connectivity index (χ3n) is 4.79. The van der Waals surface area contributed by atoms with Gasteiger partial charge in [-0.25, -0.2) is 10.1 Å². The van der Waals surface area contributed by atoms with Crippen molar-refractivity contribution in [2.45, 2.75) is 25.8 Å². The van der Waals surface area contributed by atoms with Gasteiger partial charge in [0.15, 0.2) is 0 Å². The van der Waals surface area contributed by atoms with Crippen LogP contribution in [0.25, 0.3) is 0 Å². The molecule has 2 fully saturated rings. The van der Waals surface area contributed by atoms with Crippen LogP contribution >= 0.6 is 0 Å². The molecule has 4 N–H and O–H groups in total. The number of pyridine rings is 1. The molecule has 1 aliphatic heterocycles. The lowest BCUT2D eigenvalue weighted by Gasteiger charge is -2.40. The molecule has 3 heterocycles. The van der Waals surface area contributed by atoms with Gasteiger partial charge in [0.1, 0.15) is 5.82 Å². The number of rotatable bonds is 5. The minimum Gasteiger partial charge on any atom is -0.368 e. The van der Waals surface area contributed by atoms with Crippen molar-refractivity contribution in [3.8, 4) is 0 Å². The smallest absolute Gasteiger partial charge is 0.248 e. The molecule has 1 unspecified atom stereocenters. The van der Waals surface area contributed by atoms with Gasteiger partial charge in [-0.05, 0) is 37.8 Å². The lowest BCUT2D eigenvalue weighted by Crippen LogP contribution is -2.52. The molecule has 1 atom stereocenters. The number of aromatic amines is 1. The van der Waals surface area contributed by atoms with E-state index < -0.39 is 0 Å². The largest absolute Gasteiger partial charge is 0.368 e. The van der Waals surface area contributed by atoms with E-state index in [9.17, 15) is 0 Å². The Labute approximate surface area is 141 Å². The Morgan fingerprint density at radius 2 is 2.21 bits per heavy atom. The zero-order valence-corrected chi connectivity index (χ0v) is 13.9. The van der Waals surface area contributed by atoms with Crippen molar-refractivity contribution >= 4 is 23.4 Å². The van der Waals surface area contributed by atoms with Crippen molar-refractivity contribution in [2.24, 2.45) is 5.92 Å². The first kappa shape index (κ1) is 15.2. The number of aromatic nitrogens is 4. The first-order chi connectivity index (χ1) is 11.7. The molecule has 128 valence electrons. The molecule has 1 aliphatic carbocycles. The molecule has 1 saturated carbocycles. The van der Waals surface area contributed by atoms with Gasteiger partial charge in [-0.2, -0.15) is 4.98 Å². The van der Waals surface area contributed by atoms with Crippen LogP contribution in [0.3, 0.4) is 0 Å². The summed E-state index contributed by atoms with van der Waals surface area (Å²) in [7, 11) is 0. The fourth-order valence-corrected chi connectivity index (χ4v) is 3.21. The first-order valence-corrected chi connectivity index (χ1v) is 8.57. The Kier molecular flexibility index (Phi) is 3.97. The molecule has 2 aliphatic rings. The summed E-state index contributed by atoms with van der Waals surface area (Å²) in [5.74, 6) is 2.71. The van der Waals surface area contributed by atoms with Crippen LogP contribution in [0.5, 0.6) is 0 Å². The number of nitrogens with two attached hydrogens (primary N) is 1. The van der Waals surface area contributed by atoms with E-state index in [1.165, 1.54) is 19.4 Å². The van der Waals surface area contributed by atoms with Gasteiger partial charge in [-0.1, -0.05) is 0 Å². The monoisotopic (exact) mass is 328 g/mol. The molecule has 0 aromatic carbocycles. The van der Waals surface area contributed by atoms with Crippen LogP contribution in [-0.4, -0.2) is 57.3 Å². The molecule has 1 saturated heterocycles. The van der Waals surface area contributed by atoms with Crippen molar-refractivity contribution in [3.05, 3.63) is 18.3 Å². The summed E-state index contributed by atoms with van der Waals surface area (Å²) in [5, 5.41) is 9.63. The predicted molar refractivity (Wildman–Crippen MR) is 94.3 cm³/mol. The molecule has 2 aromatic rings. The van der Waals surface area contributed by atoms with Gasteiger partial charge in [-0.15, -0.1) is 5.10 Å². The van der Waals surface area contributed by atoms with E-state index in [0.717, 1.165) is 37.1 Å². The van der Waals surface area contributed by atoms with Crippen LogP contribution in [0.2, 0.25) is 0 Å². The predicted octanol–water partition coefficient (Wildman–Crippen LogP) is 1.45. The van der Waals surface area contributed by atoms with E-state index >= 15 is 0 Å². The number of nitrogen functional groups attached to an aromatic ring is 1. The van der Waals surface area contributed by atoms with Crippen molar-refractivity contribution in [2.75, 3.05) is 42.1 Å². The van der Waals surface area contributed by atoms with Crippen LogP contribution in [0.4, 0.5) is 23.4 Å². The van der Waals surface area contributed by atoms with Crippen LogP contribution in [0.1, 0.15) is 19.8 Å². The van der Waals surface area contributed by atoms with Crippen LogP contribution < -0.4 is 16.0 Å². The van der Waals surface area contributed by atoms with Crippen LogP contribution in [-0.2, 0) is 0 Å². The molecule has 4 rings (SSSR count). The van der Waals surface area contributed by atoms with Gasteiger partial charge < -0.3 is 16.0 Å². The number of H-pyrrole nitrogens is 1. The fraction of sp³-hybridized carbons (Fsp3) is 0.562. The number of hydrogen-bond donors (Lipinski definition) is 3. The Hall–Kier alpha value is -2.35. The highest BCUT2D eigenvalue weighted by Crippen LogP contribution is 2.31. The second-order valence-electron chi connectivity index (χ2n) is 6.81. The summed E-state index contributed by atoms with van der Waals surface area (Å²) in [6, 6.07) is 4.62. The lowest BCUT2D eigenvalue weighted by atomic mass is 10.1. The quantitative estimate of drug-likeness (QED) is 0.764. The molecule has 8 nitrogen and oxygen atoms in total. The maximum absolute atomic E-state index is 5.52. The summed E-state index contributed by atoms with van der Waals surface area (Å²) >= 11 is 0. The van der Waals surface area contributed by atoms with E-state index in [1.807, 2.05) is 18.3 Å². The number of nitrogens with one attached hydrogen (secondary N) is 2. The highest BCUT2D eigenvalue weighted by atomic mass is 15.3. The van der Waals surface area contributed by atoms with Gasteiger partial charge in [0.05, 0.1) is 11.9 Å². The molecular weight excluding hydrogens is 304 g/mol. The second-order valence-corrected chi connectivity index (χ2v) is 6.81. The van der Waals surface area contributed by atoms with Gasteiger partial charge in [0.25, 0.3) is 0 Å².